The summed E-state index contributed by atoms with van der Waals surface area (Å²) in [4.78, 5) is 37.1. The Morgan fingerprint density at radius 1 is 1.45 bits per heavy atom. The van der Waals surface area contributed by atoms with Gasteiger partial charge in [0.05, 0.1) is 13.1 Å². The van der Waals surface area contributed by atoms with Crippen LogP contribution in [0, 0.1) is 0 Å². The smallest absolute Gasteiger partial charge is 0.329 e. The van der Waals surface area contributed by atoms with E-state index in [1.54, 1.807) is 16.7 Å². The zero-order chi connectivity index (χ0) is 14.8. The maximum absolute atomic E-state index is 11.9. The minimum atomic E-state index is -1.01. The molecule has 0 aromatic heterocycles. The van der Waals surface area contributed by atoms with Crippen LogP contribution in [0.4, 0.5) is 4.79 Å². The van der Waals surface area contributed by atoms with Gasteiger partial charge in [-0.05, 0) is 6.92 Å². The van der Waals surface area contributed by atoms with Gasteiger partial charge in [0.25, 0.3) is 5.24 Å². The van der Waals surface area contributed by atoms with Crippen LogP contribution in [0.3, 0.4) is 0 Å². The predicted molar refractivity (Wildman–Crippen MR) is 72.6 cm³/mol. The Bertz CT molecular complexity index is 422. The Kier molecular flexibility index (Phi) is 4.54. The first-order valence-electron chi connectivity index (χ1n) is 6.45. The van der Waals surface area contributed by atoms with Crippen molar-refractivity contribution in [2.75, 3.05) is 38.5 Å². The summed E-state index contributed by atoms with van der Waals surface area (Å²) in [5.74, 6) is -0.246. The molecule has 0 spiro atoms. The average molecular weight is 302 g/mol. The molecular formula is C12H18N2O5S. The van der Waals surface area contributed by atoms with E-state index in [-0.39, 0.29) is 17.8 Å². The van der Waals surface area contributed by atoms with Crippen molar-refractivity contribution in [3.8, 4) is 0 Å². The third-order valence-electron chi connectivity index (χ3n) is 3.39. The van der Waals surface area contributed by atoms with E-state index >= 15 is 0 Å². The van der Waals surface area contributed by atoms with Gasteiger partial charge in [-0.1, -0.05) is 11.8 Å². The molecule has 20 heavy (non-hydrogen) atoms. The maximum Gasteiger partial charge on any atom is 0.329 e. The summed E-state index contributed by atoms with van der Waals surface area (Å²) in [5.41, 5.74) is -0.562. The SMILES string of the molecule is CC1(OCC(=O)O)CN(C(=O)CCN2CCSC2=O)C1. The van der Waals surface area contributed by atoms with E-state index in [1.807, 2.05) is 0 Å². The van der Waals surface area contributed by atoms with Gasteiger partial charge >= 0.3 is 5.97 Å². The van der Waals surface area contributed by atoms with Crippen molar-refractivity contribution in [1.29, 1.82) is 0 Å². The molecule has 2 heterocycles. The number of carbonyl (C=O) groups excluding carboxylic acids is 2. The van der Waals surface area contributed by atoms with E-state index in [0.29, 0.717) is 32.6 Å². The van der Waals surface area contributed by atoms with Gasteiger partial charge in [-0.25, -0.2) is 4.79 Å². The molecule has 2 fully saturated rings. The van der Waals surface area contributed by atoms with Crippen LogP contribution in [0.25, 0.3) is 0 Å². The van der Waals surface area contributed by atoms with Crippen LogP contribution in [0.5, 0.6) is 0 Å². The number of carbonyl (C=O) groups is 3. The van der Waals surface area contributed by atoms with E-state index in [2.05, 4.69) is 0 Å². The highest BCUT2D eigenvalue weighted by atomic mass is 32.2. The molecule has 1 N–H and O–H groups in total. The Hall–Kier alpha value is -1.28. The summed E-state index contributed by atoms with van der Waals surface area (Å²) in [7, 11) is 0. The molecule has 2 rings (SSSR count). The number of amides is 2. The summed E-state index contributed by atoms with van der Waals surface area (Å²) < 4.78 is 5.24. The Labute approximate surface area is 121 Å². The second-order valence-electron chi connectivity index (χ2n) is 5.23. The molecule has 7 nitrogen and oxygen atoms in total. The maximum atomic E-state index is 11.9. The highest BCUT2D eigenvalue weighted by molar-refractivity contribution is 8.13. The zero-order valence-corrected chi connectivity index (χ0v) is 12.1. The summed E-state index contributed by atoms with van der Waals surface area (Å²) in [6.07, 6.45) is 0.307. The molecule has 0 bridgehead atoms. The number of aliphatic carboxylic acids is 1. The third-order valence-corrected chi connectivity index (χ3v) is 4.28. The molecule has 112 valence electrons. The van der Waals surface area contributed by atoms with E-state index in [1.165, 1.54) is 11.8 Å². The van der Waals surface area contributed by atoms with Crippen molar-refractivity contribution in [3.63, 3.8) is 0 Å². The van der Waals surface area contributed by atoms with E-state index in [0.717, 1.165) is 5.75 Å². The minimum Gasteiger partial charge on any atom is -0.480 e. The molecule has 2 aliphatic heterocycles. The molecular weight excluding hydrogens is 284 g/mol. The number of nitrogens with zero attached hydrogens (tertiary/aromatic N) is 2. The first-order valence-corrected chi connectivity index (χ1v) is 7.43. The number of hydrogen-bond acceptors (Lipinski definition) is 5. The predicted octanol–water partition coefficient (Wildman–Crippen LogP) is 0.247. The van der Waals surface area contributed by atoms with Crippen LogP contribution in [-0.2, 0) is 14.3 Å². The highest BCUT2D eigenvalue weighted by Crippen LogP contribution is 2.25. The first-order chi connectivity index (χ1) is 9.39. The third kappa shape index (κ3) is 3.63. The van der Waals surface area contributed by atoms with Crippen LogP contribution >= 0.6 is 11.8 Å². The number of hydrogen-bond donors (Lipinski definition) is 1. The molecule has 2 saturated heterocycles. The average Bonchev–Trinajstić information content (AvgIpc) is 2.75. The number of carboxylic acid groups (broad SMARTS) is 1. The summed E-state index contributed by atoms with van der Waals surface area (Å²) >= 11 is 1.28. The van der Waals surface area contributed by atoms with Gasteiger partial charge in [0.2, 0.25) is 5.91 Å². The van der Waals surface area contributed by atoms with Crippen LogP contribution in [0.2, 0.25) is 0 Å². The van der Waals surface area contributed by atoms with Crippen molar-refractivity contribution < 1.29 is 24.2 Å². The van der Waals surface area contributed by atoms with E-state index in [4.69, 9.17) is 9.84 Å². The summed E-state index contributed by atoms with van der Waals surface area (Å²) in [6.45, 7) is 3.41. The summed E-state index contributed by atoms with van der Waals surface area (Å²) in [5, 5.41) is 8.59. The molecule has 2 aliphatic rings. The van der Waals surface area contributed by atoms with Crippen LogP contribution < -0.4 is 0 Å². The standard InChI is InChI=1S/C12H18N2O5S/c1-12(19-6-10(16)17)7-14(8-12)9(15)2-3-13-4-5-20-11(13)18/h2-8H2,1H3,(H,16,17). The normalized spacial score (nSPS) is 20.9. The largest absolute Gasteiger partial charge is 0.480 e. The lowest BCUT2D eigenvalue weighted by Crippen LogP contribution is -2.63. The Morgan fingerprint density at radius 3 is 2.70 bits per heavy atom. The van der Waals surface area contributed by atoms with Gasteiger partial charge in [-0.2, -0.15) is 0 Å². The molecule has 0 unspecified atom stereocenters. The Balaban J connectivity index is 1.68. The molecule has 8 heteroatoms. The second kappa shape index (κ2) is 6.01. The van der Waals surface area contributed by atoms with E-state index in [9.17, 15) is 14.4 Å². The molecule has 0 aromatic rings. The van der Waals surface area contributed by atoms with Crippen molar-refractivity contribution in [1.82, 2.24) is 9.80 Å². The lowest BCUT2D eigenvalue weighted by atomic mass is 9.96. The van der Waals surface area contributed by atoms with Gasteiger partial charge in [0, 0.05) is 25.3 Å². The van der Waals surface area contributed by atoms with Crippen LogP contribution in [0.15, 0.2) is 0 Å². The number of carboxylic acids is 1. The van der Waals surface area contributed by atoms with Crippen molar-refractivity contribution >= 4 is 28.9 Å². The fraction of sp³-hybridized carbons (Fsp3) is 0.750. The number of thioether (sulfide) groups is 1. The zero-order valence-electron chi connectivity index (χ0n) is 11.3. The monoisotopic (exact) mass is 302 g/mol. The van der Waals surface area contributed by atoms with Gasteiger partial charge in [-0.3, -0.25) is 9.59 Å². The lowest BCUT2D eigenvalue weighted by molar-refractivity contribution is -0.173. The van der Waals surface area contributed by atoms with Gasteiger partial charge in [0.15, 0.2) is 0 Å². The minimum absolute atomic E-state index is 0.0221. The molecule has 0 saturated carbocycles. The fourth-order valence-electron chi connectivity index (χ4n) is 2.28. The molecule has 0 radical (unpaired) electrons. The molecule has 0 aliphatic carbocycles. The molecule has 0 aromatic carbocycles. The van der Waals surface area contributed by atoms with Crippen molar-refractivity contribution in [2.24, 2.45) is 0 Å². The lowest BCUT2D eigenvalue weighted by Gasteiger charge is -2.47. The number of likely N-dealkylation sites (tertiary alicyclic amines) is 1. The van der Waals surface area contributed by atoms with Gasteiger partial charge in [0.1, 0.15) is 12.2 Å². The quantitative estimate of drug-likeness (QED) is 0.756. The molecule has 2 amide bonds. The van der Waals surface area contributed by atoms with Crippen LogP contribution in [0.1, 0.15) is 13.3 Å². The Morgan fingerprint density at radius 2 is 2.15 bits per heavy atom. The topological polar surface area (TPSA) is 87.2 Å². The summed E-state index contributed by atoms with van der Waals surface area (Å²) in [6, 6.07) is 0. The van der Waals surface area contributed by atoms with E-state index < -0.39 is 11.6 Å². The molecule has 0 atom stereocenters. The fourth-order valence-corrected chi connectivity index (χ4v) is 3.13. The second-order valence-corrected chi connectivity index (χ2v) is 6.28. The highest BCUT2D eigenvalue weighted by Gasteiger charge is 2.42. The van der Waals surface area contributed by atoms with Gasteiger partial charge < -0.3 is 19.6 Å². The first kappa shape index (κ1) is 15.1. The van der Waals surface area contributed by atoms with Crippen LogP contribution in [-0.4, -0.2) is 76.2 Å². The van der Waals surface area contributed by atoms with Crippen molar-refractivity contribution in [2.45, 2.75) is 18.9 Å². The number of rotatable bonds is 6. The van der Waals surface area contributed by atoms with Crippen molar-refractivity contribution in [3.05, 3.63) is 0 Å². The van der Waals surface area contributed by atoms with Gasteiger partial charge in [-0.15, -0.1) is 0 Å². The number of ether oxygens (including phenoxy) is 1.